The summed E-state index contributed by atoms with van der Waals surface area (Å²) in [5.74, 6) is 0.121. The fraction of sp³-hybridized carbons (Fsp3) is 0.471. The van der Waals surface area contributed by atoms with Crippen LogP contribution in [0.2, 0.25) is 0 Å². The fourth-order valence-corrected chi connectivity index (χ4v) is 3.39. The lowest BCUT2D eigenvalue weighted by Crippen LogP contribution is -2.12. The highest BCUT2D eigenvalue weighted by Crippen LogP contribution is 2.38. The van der Waals surface area contributed by atoms with Crippen molar-refractivity contribution >= 4 is 27.4 Å². The average molecular weight is 306 g/mol. The van der Waals surface area contributed by atoms with Crippen LogP contribution in [-0.2, 0) is 0 Å². The van der Waals surface area contributed by atoms with E-state index in [-0.39, 0.29) is 0 Å². The SMILES string of the molecule is CCCCC(CC)COc1c(C(=O)O)sc2ccccc12. The lowest BCUT2D eigenvalue weighted by Gasteiger charge is -2.15. The number of fused-ring (bicyclic) bond motifs is 1. The third-order valence-electron chi connectivity index (χ3n) is 3.75. The maximum Gasteiger partial charge on any atom is 0.349 e. The molecular weight excluding hydrogens is 284 g/mol. The Hall–Kier alpha value is -1.55. The number of ether oxygens (including phenoxy) is 1. The molecule has 0 saturated heterocycles. The predicted octanol–water partition coefficient (Wildman–Crippen LogP) is 5.19. The standard InChI is InChI=1S/C17H22O3S/c1-3-5-8-12(4-2)11-20-15-13-9-6-7-10-14(13)21-16(15)17(18)19/h6-7,9-10,12H,3-5,8,11H2,1-2H3,(H,18,19). The molecule has 2 rings (SSSR count). The first kappa shape index (κ1) is 15.8. The quantitative estimate of drug-likeness (QED) is 0.729. The highest BCUT2D eigenvalue weighted by atomic mass is 32.1. The van der Waals surface area contributed by atoms with Crippen molar-refractivity contribution in [1.82, 2.24) is 0 Å². The second-order valence-electron chi connectivity index (χ2n) is 5.29. The van der Waals surface area contributed by atoms with Gasteiger partial charge < -0.3 is 9.84 Å². The van der Waals surface area contributed by atoms with Gasteiger partial charge in [0.05, 0.1) is 6.61 Å². The maximum absolute atomic E-state index is 11.4. The average Bonchev–Trinajstić information content (AvgIpc) is 2.86. The summed E-state index contributed by atoms with van der Waals surface area (Å²) >= 11 is 1.28. The van der Waals surface area contributed by atoms with Gasteiger partial charge in [-0.3, -0.25) is 0 Å². The maximum atomic E-state index is 11.4. The molecule has 0 amide bonds. The first-order valence-electron chi connectivity index (χ1n) is 7.55. The number of rotatable bonds is 8. The zero-order valence-corrected chi connectivity index (χ0v) is 13.4. The molecule has 1 heterocycles. The molecule has 3 nitrogen and oxygen atoms in total. The van der Waals surface area contributed by atoms with E-state index in [2.05, 4.69) is 13.8 Å². The topological polar surface area (TPSA) is 46.5 Å². The monoisotopic (exact) mass is 306 g/mol. The summed E-state index contributed by atoms with van der Waals surface area (Å²) in [5, 5.41) is 10.3. The van der Waals surface area contributed by atoms with E-state index in [0.29, 0.717) is 23.2 Å². The molecular formula is C17H22O3S. The smallest absolute Gasteiger partial charge is 0.349 e. The summed E-state index contributed by atoms with van der Waals surface area (Å²) < 4.78 is 6.90. The Kier molecular flexibility index (Phi) is 5.62. The molecule has 4 heteroatoms. The zero-order chi connectivity index (χ0) is 15.2. The third kappa shape index (κ3) is 3.76. The Morgan fingerprint density at radius 2 is 2.10 bits per heavy atom. The van der Waals surface area contributed by atoms with Gasteiger partial charge >= 0.3 is 5.97 Å². The number of carbonyl (C=O) groups is 1. The van der Waals surface area contributed by atoms with Crippen molar-refractivity contribution in [3.8, 4) is 5.75 Å². The predicted molar refractivity (Wildman–Crippen MR) is 87.6 cm³/mol. The molecule has 0 aliphatic rings. The van der Waals surface area contributed by atoms with Crippen molar-refractivity contribution in [1.29, 1.82) is 0 Å². The molecule has 1 atom stereocenters. The number of benzene rings is 1. The van der Waals surface area contributed by atoms with Gasteiger partial charge in [-0.05, 0) is 24.5 Å². The number of thiophene rings is 1. The van der Waals surface area contributed by atoms with Crippen LogP contribution in [0.25, 0.3) is 10.1 Å². The number of carboxylic acid groups (broad SMARTS) is 1. The van der Waals surface area contributed by atoms with Crippen molar-refractivity contribution in [3.05, 3.63) is 29.1 Å². The van der Waals surface area contributed by atoms with E-state index in [9.17, 15) is 9.90 Å². The van der Waals surface area contributed by atoms with Crippen molar-refractivity contribution in [2.24, 2.45) is 5.92 Å². The van der Waals surface area contributed by atoms with Gasteiger partial charge in [0.15, 0.2) is 10.6 Å². The van der Waals surface area contributed by atoms with Gasteiger partial charge in [0.2, 0.25) is 0 Å². The van der Waals surface area contributed by atoms with E-state index in [0.717, 1.165) is 22.9 Å². The minimum absolute atomic E-state index is 0.307. The minimum Gasteiger partial charge on any atom is -0.491 e. The van der Waals surface area contributed by atoms with E-state index in [1.807, 2.05) is 24.3 Å². The Morgan fingerprint density at radius 1 is 1.33 bits per heavy atom. The third-order valence-corrected chi connectivity index (χ3v) is 4.89. The Bertz CT molecular complexity index is 603. The van der Waals surface area contributed by atoms with E-state index < -0.39 is 5.97 Å². The molecule has 21 heavy (non-hydrogen) atoms. The van der Waals surface area contributed by atoms with Crippen molar-refractivity contribution in [2.45, 2.75) is 39.5 Å². The van der Waals surface area contributed by atoms with Crippen molar-refractivity contribution < 1.29 is 14.6 Å². The molecule has 2 aromatic rings. The summed E-state index contributed by atoms with van der Waals surface area (Å²) in [6.45, 7) is 4.94. The van der Waals surface area contributed by atoms with Gasteiger partial charge in [-0.25, -0.2) is 4.79 Å². The lowest BCUT2D eigenvalue weighted by atomic mass is 10.0. The fourth-order valence-electron chi connectivity index (χ4n) is 2.41. The summed E-state index contributed by atoms with van der Waals surface area (Å²) in [6, 6.07) is 7.71. The normalized spacial score (nSPS) is 12.5. The number of aromatic carboxylic acids is 1. The first-order valence-corrected chi connectivity index (χ1v) is 8.36. The summed E-state index contributed by atoms with van der Waals surface area (Å²) in [6.07, 6.45) is 4.57. The van der Waals surface area contributed by atoms with E-state index in [1.54, 1.807) is 0 Å². The van der Waals surface area contributed by atoms with Crippen LogP contribution >= 0.6 is 11.3 Å². The van der Waals surface area contributed by atoms with Crippen LogP contribution in [-0.4, -0.2) is 17.7 Å². The molecule has 0 saturated carbocycles. The van der Waals surface area contributed by atoms with Gasteiger partial charge in [0.25, 0.3) is 0 Å². The van der Waals surface area contributed by atoms with Crippen LogP contribution in [0.5, 0.6) is 5.75 Å². The minimum atomic E-state index is -0.909. The Labute approximate surface area is 129 Å². The molecule has 0 aliphatic carbocycles. The first-order chi connectivity index (χ1) is 10.2. The molecule has 0 aliphatic heterocycles. The molecule has 0 spiro atoms. The summed E-state index contributed by atoms with van der Waals surface area (Å²) in [5.41, 5.74) is 0. The molecule has 0 radical (unpaired) electrons. The second kappa shape index (κ2) is 7.46. The Morgan fingerprint density at radius 3 is 2.76 bits per heavy atom. The van der Waals surface area contributed by atoms with Crippen LogP contribution < -0.4 is 4.74 Å². The largest absolute Gasteiger partial charge is 0.491 e. The summed E-state index contributed by atoms with van der Waals surface area (Å²) in [7, 11) is 0. The van der Waals surface area contributed by atoms with Crippen LogP contribution in [0, 0.1) is 5.92 Å². The van der Waals surface area contributed by atoms with Crippen LogP contribution in [0.4, 0.5) is 0 Å². The molecule has 1 aromatic carbocycles. The van der Waals surface area contributed by atoms with Gasteiger partial charge in [-0.15, -0.1) is 11.3 Å². The van der Waals surface area contributed by atoms with Gasteiger partial charge in [0, 0.05) is 10.1 Å². The molecule has 1 aromatic heterocycles. The number of carboxylic acids is 1. The van der Waals surface area contributed by atoms with Gasteiger partial charge in [-0.1, -0.05) is 45.2 Å². The summed E-state index contributed by atoms with van der Waals surface area (Å²) in [4.78, 5) is 11.7. The molecule has 1 unspecified atom stereocenters. The van der Waals surface area contributed by atoms with Gasteiger partial charge in [-0.2, -0.15) is 0 Å². The van der Waals surface area contributed by atoms with Crippen LogP contribution in [0.15, 0.2) is 24.3 Å². The van der Waals surface area contributed by atoms with Gasteiger partial charge in [0.1, 0.15) is 0 Å². The Balaban J connectivity index is 2.20. The van der Waals surface area contributed by atoms with E-state index in [4.69, 9.17) is 4.74 Å². The van der Waals surface area contributed by atoms with E-state index in [1.165, 1.54) is 24.2 Å². The number of hydrogen-bond donors (Lipinski definition) is 1. The lowest BCUT2D eigenvalue weighted by molar-refractivity contribution is 0.0697. The number of unbranched alkanes of at least 4 members (excludes halogenated alkanes) is 1. The number of hydrogen-bond acceptors (Lipinski definition) is 3. The molecule has 114 valence electrons. The highest BCUT2D eigenvalue weighted by Gasteiger charge is 2.20. The second-order valence-corrected chi connectivity index (χ2v) is 6.34. The van der Waals surface area contributed by atoms with Crippen LogP contribution in [0.1, 0.15) is 49.2 Å². The molecule has 0 bridgehead atoms. The molecule has 0 fully saturated rings. The van der Waals surface area contributed by atoms with Crippen molar-refractivity contribution in [2.75, 3.05) is 6.61 Å². The van der Waals surface area contributed by atoms with E-state index >= 15 is 0 Å². The van der Waals surface area contributed by atoms with Crippen LogP contribution in [0.3, 0.4) is 0 Å². The highest BCUT2D eigenvalue weighted by molar-refractivity contribution is 7.21. The zero-order valence-electron chi connectivity index (χ0n) is 12.6. The molecule has 1 N–H and O–H groups in total. The van der Waals surface area contributed by atoms with Crippen molar-refractivity contribution in [3.63, 3.8) is 0 Å².